The van der Waals surface area contributed by atoms with Crippen LogP contribution < -0.4 is 5.73 Å². The van der Waals surface area contributed by atoms with E-state index in [1.165, 1.54) is 19.3 Å². The molecule has 2 rings (SSSR count). The topological polar surface area (TPSA) is 46.2 Å². The standard InChI is InChI=1S/C9H17NO/c10-4-3-9(11)6-7-1-2-8(9)5-7/h7-8,11H,1-6,10H2/t7-,8-,9+/m0/s1. The van der Waals surface area contributed by atoms with E-state index in [1.54, 1.807) is 0 Å². The number of hydrogen-bond donors (Lipinski definition) is 2. The highest BCUT2D eigenvalue weighted by atomic mass is 16.3. The van der Waals surface area contributed by atoms with Crippen molar-refractivity contribution in [2.75, 3.05) is 6.54 Å². The van der Waals surface area contributed by atoms with Gasteiger partial charge in [0.05, 0.1) is 5.60 Å². The average molecular weight is 155 g/mol. The molecule has 11 heavy (non-hydrogen) atoms. The summed E-state index contributed by atoms with van der Waals surface area (Å²) in [6.45, 7) is 0.639. The first-order chi connectivity index (χ1) is 5.24. The Morgan fingerprint density at radius 2 is 2.27 bits per heavy atom. The van der Waals surface area contributed by atoms with Gasteiger partial charge in [0.25, 0.3) is 0 Å². The van der Waals surface area contributed by atoms with E-state index in [9.17, 15) is 5.11 Å². The number of aliphatic hydroxyl groups is 1. The third kappa shape index (κ3) is 1.09. The summed E-state index contributed by atoms with van der Waals surface area (Å²) in [5.41, 5.74) is 5.10. The van der Waals surface area contributed by atoms with Gasteiger partial charge in [0.2, 0.25) is 0 Å². The average Bonchev–Trinajstić information content (AvgIpc) is 2.45. The lowest BCUT2D eigenvalue weighted by Crippen LogP contribution is -2.37. The maximum Gasteiger partial charge on any atom is 0.0690 e. The zero-order valence-electron chi connectivity index (χ0n) is 6.92. The van der Waals surface area contributed by atoms with Crippen molar-refractivity contribution < 1.29 is 5.11 Å². The minimum Gasteiger partial charge on any atom is -0.390 e. The van der Waals surface area contributed by atoms with Gasteiger partial charge in [-0.2, -0.15) is 0 Å². The van der Waals surface area contributed by atoms with Crippen molar-refractivity contribution in [1.29, 1.82) is 0 Å². The Bertz CT molecular complexity index is 160. The van der Waals surface area contributed by atoms with E-state index in [-0.39, 0.29) is 5.60 Å². The SMILES string of the molecule is NCC[C@@]1(O)C[C@H]2CC[C@H]1C2. The van der Waals surface area contributed by atoms with Crippen molar-refractivity contribution in [2.24, 2.45) is 17.6 Å². The molecule has 2 aliphatic carbocycles. The Labute approximate surface area is 67.8 Å². The van der Waals surface area contributed by atoms with Crippen LogP contribution in [-0.2, 0) is 0 Å². The van der Waals surface area contributed by atoms with E-state index in [1.807, 2.05) is 0 Å². The molecule has 0 radical (unpaired) electrons. The molecular weight excluding hydrogens is 138 g/mol. The summed E-state index contributed by atoms with van der Waals surface area (Å²) in [6, 6.07) is 0. The van der Waals surface area contributed by atoms with Crippen LogP contribution in [0.4, 0.5) is 0 Å². The lowest BCUT2D eigenvalue weighted by Gasteiger charge is -2.31. The molecule has 2 saturated carbocycles. The Morgan fingerprint density at radius 1 is 1.45 bits per heavy atom. The minimum atomic E-state index is -0.363. The van der Waals surface area contributed by atoms with Crippen molar-refractivity contribution in [3.63, 3.8) is 0 Å². The van der Waals surface area contributed by atoms with E-state index < -0.39 is 0 Å². The maximum atomic E-state index is 10.1. The fourth-order valence-electron chi connectivity index (χ4n) is 2.97. The lowest BCUT2D eigenvalue weighted by atomic mass is 9.82. The van der Waals surface area contributed by atoms with Crippen molar-refractivity contribution >= 4 is 0 Å². The van der Waals surface area contributed by atoms with Crippen LogP contribution in [0.5, 0.6) is 0 Å². The lowest BCUT2D eigenvalue weighted by molar-refractivity contribution is -0.0182. The van der Waals surface area contributed by atoms with Gasteiger partial charge in [0.1, 0.15) is 0 Å². The van der Waals surface area contributed by atoms with E-state index in [4.69, 9.17) is 5.73 Å². The second kappa shape index (κ2) is 2.46. The van der Waals surface area contributed by atoms with Gasteiger partial charge in [-0.1, -0.05) is 0 Å². The van der Waals surface area contributed by atoms with Crippen molar-refractivity contribution in [3.05, 3.63) is 0 Å². The van der Waals surface area contributed by atoms with E-state index >= 15 is 0 Å². The fourth-order valence-corrected chi connectivity index (χ4v) is 2.97. The van der Waals surface area contributed by atoms with Crippen molar-refractivity contribution in [3.8, 4) is 0 Å². The van der Waals surface area contributed by atoms with Crippen LogP contribution in [0.15, 0.2) is 0 Å². The molecule has 3 atom stereocenters. The molecule has 2 nitrogen and oxygen atoms in total. The summed E-state index contributed by atoms with van der Waals surface area (Å²) >= 11 is 0. The molecule has 2 heteroatoms. The molecule has 2 aliphatic rings. The molecule has 3 N–H and O–H groups in total. The summed E-state index contributed by atoms with van der Waals surface area (Å²) in [7, 11) is 0. The molecule has 0 saturated heterocycles. The predicted molar refractivity (Wildman–Crippen MR) is 44.1 cm³/mol. The Balaban J connectivity index is 2.04. The predicted octanol–water partition coefficient (Wildman–Crippen LogP) is 0.886. The van der Waals surface area contributed by atoms with Gasteiger partial charge < -0.3 is 10.8 Å². The highest BCUT2D eigenvalue weighted by Crippen LogP contribution is 2.51. The fraction of sp³-hybridized carbons (Fsp3) is 1.00. The molecule has 2 bridgehead atoms. The molecule has 0 aromatic heterocycles. The van der Waals surface area contributed by atoms with Crippen LogP contribution in [0, 0.1) is 11.8 Å². The zero-order valence-corrected chi connectivity index (χ0v) is 6.92. The highest BCUT2D eigenvalue weighted by Gasteiger charge is 2.48. The molecular formula is C9H17NO. The molecule has 0 amide bonds. The first-order valence-corrected chi connectivity index (χ1v) is 4.67. The van der Waals surface area contributed by atoms with Crippen LogP contribution in [0.2, 0.25) is 0 Å². The molecule has 2 fully saturated rings. The maximum absolute atomic E-state index is 10.1. The van der Waals surface area contributed by atoms with E-state index in [0.717, 1.165) is 18.8 Å². The molecule has 64 valence electrons. The first-order valence-electron chi connectivity index (χ1n) is 4.67. The van der Waals surface area contributed by atoms with Gasteiger partial charge in [-0.15, -0.1) is 0 Å². The molecule has 0 aromatic rings. The second-order valence-corrected chi connectivity index (χ2v) is 4.22. The van der Waals surface area contributed by atoms with E-state index in [0.29, 0.717) is 12.5 Å². The summed E-state index contributed by atoms with van der Waals surface area (Å²) < 4.78 is 0. The summed E-state index contributed by atoms with van der Waals surface area (Å²) in [4.78, 5) is 0. The smallest absolute Gasteiger partial charge is 0.0690 e. The number of fused-ring (bicyclic) bond motifs is 2. The van der Waals surface area contributed by atoms with Crippen LogP contribution in [-0.4, -0.2) is 17.3 Å². The van der Waals surface area contributed by atoms with Gasteiger partial charge in [0, 0.05) is 0 Å². The van der Waals surface area contributed by atoms with Gasteiger partial charge >= 0.3 is 0 Å². The second-order valence-electron chi connectivity index (χ2n) is 4.22. The van der Waals surface area contributed by atoms with Crippen molar-refractivity contribution in [2.45, 2.75) is 37.7 Å². The quantitative estimate of drug-likeness (QED) is 0.622. The van der Waals surface area contributed by atoms with E-state index in [2.05, 4.69) is 0 Å². The first kappa shape index (κ1) is 7.56. The number of rotatable bonds is 2. The summed E-state index contributed by atoms with van der Waals surface area (Å²) in [5.74, 6) is 1.40. The largest absolute Gasteiger partial charge is 0.390 e. The van der Waals surface area contributed by atoms with Crippen LogP contribution >= 0.6 is 0 Å². The van der Waals surface area contributed by atoms with Gasteiger partial charge in [0.15, 0.2) is 0 Å². The van der Waals surface area contributed by atoms with Gasteiger partial charge in [-0.3, -0.25) is 0 Å². The normalized spacial score (nSPS) is 48.5. The van der Waals surface area contributed by atoms with Gasteiger partial charge in [-0.05, 0) is 50.5 Å². The number of hydrogen-bond acceptors (Lipinski definition) is 2. The Morgan fingerprint density at radius 3 is 2.73 bits per heavy atom. The van der Waals surface area contributed by atoms with Crippen LogP contribution in [0.3, 0.4) is 0 Å². The summed E-state index contributed by atoms with van der Waals surface area (Å²) in [5, 5.41) is 10.1. The molecule has 0 aliphatic heterocycles. The Hall–Kier alpha value is -0.0800. The van der Waals surface area contributed by atoms with Crippen molar-refractivity contribution in [1.82, 2.24) is 0 Å². The third-order valence-corrected chi connectivity index (χ3v) is 3.52. The molecule has 0 aromatic carbocycles. The monoisotopic (exact) mass is 155 g/mol. The molecule has 0 spiro atoms. The molecule has 0 heterocycles. The zero-order chi connectivity index (χ0) is 7.90. The molecule has 0 unspecified atom stereocenters. The minimum absolute atomic E-state index is 0.363. The highest BCUT2D eigenvalue weighted by molar-refractivity contribution is 5.00. The van der Waals surface area contributed by atoms with Gasteiger partial charge in [-0.25, -0.2) is 0 Å². The van der Waals surface area contributed by atoms with Crippen LogP contribution in [0.25, 0.3) is 0 Å². The van der Waals surface area contributed by atoms with Crippen LogP contribution in [0.1, 0.15) is 32.1 Å². The Kier molecular flexibility index (Phi) is 1.69. The number of nitrogens with two attached hydrogens (primary N) is 1. The summed E-state index contributed by atoms with van der Waals surface area (Å²) in [6.07, 6.45) is 5.68. The third-order valence-electron chi connectivity index (χ3n) is 3.52.